The number of halogens is 3. The predicted molar refractivity (Wildman–Crippen MR) is 183 cm³/mol. The Balaban J connectivity index is 1.57. The topological polar surface area (TPSA) is 89.9 Å². The first-order valence-corrected chi connectivity index (χ1v) is 16.9. The van der Waals surface area contributed by atoms with E-state index in [-0.39, 0.29) is 29.0 Å². The van der Waals surface area contributed by atoms with Crippen molar-refractivity contribution in [3.8, 4) is 22.6 Å². The average Bonchev–Trinajstić information content (AvgIpc) is 3.06. The molecule has 4 aromatic rings. The molecule has 3 heterocycles. The Hall–Kier alpha value is -4.90. The lowest BCUT2D eigenvalue weighted by Gasteiger charge is -2.34. The van der Waals surface area contributed by atoms with Crippen LogP contribution in [0.1, 0.15) is 65.7 Å². The number of likely N-dealkylation sites (tertiary alicyclic amines) is 1. The Bertz CT molecular complexity index is 2010. The van der Waals surface area contributed by atoms with Gasteiger partial charge >= 0.3 is 5.97 Å². The van der Waals surface area contributed by atoms with E-state index in [0.717, 1.165) is 5.56 Å². The number of amides is 1. The Kier molecular flexibility index (Phi) is 10.2. The second-order valence-electron chi connectivity index (χ2n) is 12.9. The highest BCUT2D eigenvalue weighted by Crippen LogP contribution is 2.40. The number of carbonyl (C=O) groups excluding carboxylic acids is 2. The van der Waals surface area contributed by atoms with Crippen LogP contribution in [0.4, 0.5) is 13.2 Å². The largest absolute Gasteiger partial charge is 0.466 e. The van der Waals surface area contributed by atoms with Gasteiger partial charge < -0.3 is 14.8 Å². The molecule has 0 radical (unpaired) electrons. The predicted octanol–water partition coefficient (Wildman–Crippen LogP) is 6.67. The van der Waals surface area contributed by atoms with Gasteiger partial charge in [-0.3, -0.25) is 23.9 Å². The van der Waals surface area contributed by atoms with Gasteiger partial charge in [0.1, 0.15) is 35.3 Å². The van der Waals surface area contributed by atoms with Crippen LogP contribution in [0.15, 0.2) is 65.6 Å². The van der Waals surface area contributed by atoms with Gasteiger partial charge in [-0.2, -0.15) is 0 Å². The van der Waals surface area contributed by atoms with Crippen molar-refractivity contribution in [2.24, 2.45) is 0 Å². The summed E-state index contributed by atoms with van der Waals surface area (Å²) in [6.07, 6.45) is 1.02. The summed E-state index contributed by atoms with van der Waals surface area (Å²) in [6, 6.07) is 11.6. The van der Waals surface area contributed by atoms with Crippen LogP contribution in [0.2, 0.25) is 0 Å². The highest BCUT2D eigenvalue weighted by Gasteiger charge is 2.33. The molecule has 2 aliphatic heterocycles. The number of hydrogen-bond acceptors (Lipinski definition) is 6. The van der Waals surface area contributed by atoms with Crippen LogP contribution in [0.3, 0.4) is 0 Å². The maximum Gasteiger partial charge on any atom is 0.308 e. The maximum atomic E-state index is 16.1. The summed E-state index contributed by atoms with van der Waals surface area (Å²) in [4.78, 5) is 43.5. The molecule has 0 saturated carbocycles. The highest BCUT2D eigenvalue weighted by molar-refractivity contribution is 5.85. The highest BCUT2D eigenvalue weighted by atomic mass is 19.1. The van der Waals surface area contributed by atoms with Gasteiger partial charge in [0.15, 0.2) is 0 Å². The van der Waals surface area contributed by atoms with E-state index in [9.17, 15) is 18.8 Å². The van der Waals surface area contributed by atoms with Crippen molar-refractivity contribution in [3.63, 3.8) is 0 Å². The van der Waals surface area contributed by atoms with E-state index in [4.69, 9.17) is 9.47 Å². The van der Waals surface area contributed by atoms with Gasteiger partial charge in [0.05, 0.1) is 19.1 Å². The number of aromatic nitrogens is 1. The number of rotatable bonds is 8. The smallest absolute Gasteiger partial charge is 0.308 e. The van der Waals surface area contributed by atoms with Crippen LogP contribution < -0.4 is 15.6 Å². The molecule has 1 aromatic heterocycles. The summed E-state index contributed by atoms with van der Waals surface area (Å²) >= 11 is 0. The fourth-order valence-electron chi connectivity index (χ4n) is 6.79. The Labute approximate surface area is 288 Å². The number of alkyl halides is 1. The van der Waals surface area contributed by atoms with E-state index in [0.29, 0.717) is 60.5 Å². The monoisotopic (exact) mass is 687 g/mol. The number of pyridine rings is 1. The molecule has 8 nitrogen and oxygen atoms in total. The first-order valence-electron chi connectivity index (χ1n) is 16.9. The third-order valence-corrected chi connectivity index (χ3v) is 9.37. The van der Waals surface area contributed by atoms with Crippen molar-refractivity contribution in [1.29, 1.82) is 0 Å². The van der Waals surface area contributed by atoms with E-state index in [1.165, 1.54) is 29.0 Å². The minimum Gasteiger partial charge on any atom is -0.466 e. The van der Waals surface area contributed by atoms with E-state index >= 15 is 8.78 Å². The quantitative estimate of drug-likeness (QED) is 0.208. The summed E-state index contributed by atoms with van der Waals surface area (Å²) in [6.45, 7) is 8.17. The zero-order valence-electron chi connectivity index (χ0n) is 28.5. The number of aryl methyl sites for hydroxylation is 3. The molecule has 2 atom stereocenters. The maximum absolute atomic E-state index is 16.1. The second kappa shape index (κ2) is 14.5. The molecule has 1 fully saturated rings. The molecule has 0 aliphatic carbocycles. The van der Waals surface area contributed by atoms with Crippen molar-refractivity contribution in [3.05, 3.63) is 116 Å². The summed E-state index contributed by atoms with van der Waals surface area (Å²) < 4.78 is 58.4. The lowest BCUT2D eigenvalue weighted by atomic mass is 9.92. The molecular formula is C39H40F3N3O5. The standard InChI is InChI=1S/C39H40F3N3O5/c1-5-25-15-24(12-13-44-20-27(40)21-44)19-45(39(25)48)37-29-17-28(10-11-31(29)41)50-33-9-7-8-22(3)35(33)26-14-23(4)36(42)30(16-26)32(43-38(37)47)18-34(46)49-6-2/h7-11,14-17,19,27,32,37H,5-6,12-13,18,20-21H2,1-4H3,(H,43,47)/t32-,37+/m0/s1. The van der Waals surface area contributed by atoms with E-state index in [1.54, 1.807) is 51.1 Å². The molecule has 6 rings (SSSR count). The van der Waals surface area contributed by atoms with Crippen molar-refractivity contribution in [2.75, 3.05) is 26.2 Å². The number of benzene rings is 3. The molecular weight excluding hydrogens is 647 g/mol. The zero-order valence-corrected chi connectivity index (χ0v) is 28.5. The second-order valence-corrected chi connectivity index (χ2v) is 12.9. The molecule has 11 heteroatoms. The van der Waals surface area contributed by atoms with Crippen molar-refractivity contribution >= 4 is 11.9 Å². The van der Waals surface area contributed by atoms with Gasteiger partial charge in [-0.1, -0.05) is 19.1 Å². The lowest BCUT2D eigenvalue weighted by Crippen LogP contribution is -2.49. The fraction of sp³-hybridized carbons (Fsp3) is 0.359. The van der Waals surface area contributed by atoms with E-state index < -0.39 is 53.7 Å². The van der Waals surface area contributed by atoms with Gasteiger partial charge in [0.2, 0.25) is 5.91 Å². The van der Waals surface area contributed by atoms with Gasteiger partial charge in [0.25, 0.3) is 5.56 Å². The lowest BCUT2D eigenvalue weighted by molar-refractivity contribution is -0.143. The SMILES string of the molecule is CCOC(=O)C[C@@H]1NC(=O)[C@H](n2cc(CCN3CC(F)C3)cc(CC)c2=O)c2cc(ccc2F)Oc2cccc(C)c2-c2cc(C)c(F)c1c2. The van der Waals surface area contributed by atoms with Crippen molar-refractivity contribution in [2.45, 2.75) is 65.2 Å². The third kappa shape index (κ3) is 7.05. The Morgan fingerprint density at radius 2 is 1.78 bits per heavy atom. The molecule has 1 N–H and O–H groups in total. The molecule has 1 saturated heterocycles. The molecule has 50 heavy (non-hydrogen) atoms. The normalized spacial score (nSPS) is 17.7. The van der Waals surface area contributed by atoms with Gasteiger partial charge in [-0.15, -0.1) is 0 Å². The number of esters is 1. The molecule has 0 unspecified atom stereocenters. The Morgan fingerprint density at radius 3 is 2.50 bits per heavy atom. The van der Waals surface area contributed by atoms with Crippen LogP contribution in [0.5, 0.6) is 11.5 Å². The summed E-state index contributed by atoms with van der Waals surface area (Å²) in [5, 5.41) is 2.81. The minimum absolute atomic E-state index is 0.0249. The van der Waals surface area contributed by atoms with Gasteiger partial charge in [0, 0.05) is 48.1 Å². The van der Waals surface area contributed by atoms with Crippen LogP contribution in [-0.2, 0) is 27.2 Å². The average molecular weight is 688 g/mol. The number of fused-ring (bicyclic) bond motifs is 6. The van der Waals surface area contributed by atoms with Gasteiger partial charge in [-0.25, -0.2) is 13.2 Å². The molecule has 262 valence electrons. The number of carbonyl (C=O) groups is 2. The van der Waals surface area contributed by atoms with E-state index in [1.807, 2.05) is 17.9 Å². The molecule has 0 spiro atoms. The van der Waals surface area contributed by atoms with Gasteiger partial charge in [-0.05, 0) is 98.3 Å². The molecule has 2 aliphatic rings. The number of hydrogen-bond donors (Lipinski definition) is 1. The third-order valence-electron chi connectivity index (χ3n) is 9.37. The fourth-order valence-corrected chi connectivity index (χ4v) is 6.79. The number of nitrogens with zero attached hydrogens (tertiary/aromatic N) is 2. The van der Waals surface area contributed by atoms with Crippen LogP contribution in [0.25, 0.3) is 11.1 Å². The number of nitrogens with one attached hydrogen (secondary N) is 1. The van der Waals surface area contributed by atoms with Crippen molar-refractivity contribution < 1.29 is 32.2 Å². The Morgan fingerprint density at radius 1 is 1.00 bits per heavy atom. The zero-order chi connectivity index (χ0) is 35.7. The first-order chi connectivity index (χ1) is 24.0. The van der Waals surface area contributed by atoms with Crippen molar-refractivity contribution in [1.82, 2.24) is 14.8 Å². The van der Waals surface area contributed by atoms with E-state index in [2.05, 4.69) is 5.32 Å². The summed E-state index contributed by atoms with van der Waals surface area (Å²) in [5.41, 5.74) is 2.79. The molecule has 4 bridgehead atoms. The van der Waals surface area contributed by atoms with Crippen LogP contribution >= 0.6 is 0 Å². The van der Waals surface area contributed by atoms with Crippen LogP contribution in [-0.4, -0.2) is 53.8 Å². The molecule has 3 aromatic carbocycles. The minimum atomic E-state index is -1.58. The summed E-state index contributed by atoms with van der Waals surface area (Å²) in [5.74, 6) is -2.30. The molecule has 1 amide bonds. The summed E-state index contributed by atoms with van der Waals surface area (Å²) in [7, 11) is 0. The number of ether oxygens (including phenoxy) is 2. The van der Waals surface area contributed by atoms with Crippen LogP contribution in [0, 0.1) is 25.5 Å². The first kappa shape index (κ1) is 34.9.